The molecule has 0 aromatic heterocycles. The van der Waals surface area contributed by atoms with E-state index in [1.165, 1.54) is 4.90 Å². The highest BCUT2D eigenvalue weighted by Crippen LogP contribution is 2.18. The number of hydrogen-bond acceptors (Lipinski definition) is 4. The molecule has 1 aromatic carbocycles. The number of ether oxygens (including phenoxy) is 1. The molecule has 1 rings (SSSR count). The lowest BCUT2D eigenvalue weighted by atomic mass is 10.2. The average molecular weight is 265 g/mol. The van der Waals surface area contributed by atoms with Crippen molar-refractivity contribution in [1.29, 1.82) is 0 Å². The van der Waals surface area contributed by atoms with Crippen LogP contribution in [0.15, 0.2) is 29.4 Å². The Kier molecular flexibility index (Phi) is 4.37. The molecule has 0 aliphatic carbocycles. The minimum absolute atomic E-state index is 0.0144. The van der Waals surface area contributed by atoms with Crippen molar-refractivity contribution in [1.82, 2.24) is 0 Å². The summed E-state index contributed by atoms with van der Waals surface area (Å²) >= 11 is 0. The fraction of sp³-hybridized carbons (Fsp3) is 0.385. The summed E-state index contributed by atoms with van der Waals surface area (Å²) in [5.74, 6) is -0.0144. The molecular weight excluding hydrogens is 246 g/mol. The number of amides is 1. The molecule has 0 unspecified atom stereocenters. The van der Waals surface area contributed by atoms with Crippen molar-refractivity contribution in [3.05, 3.63) is 29.8 Å². The molecule has 0 saturated heterocycles. The van der Waals surface area contributed by atoms with Gasteiger partial charge < -0.3 is 15.7 Å². The summed E-state index contributed by atoms with van der Waals surface area (Å²) in [6.07, 6.45) is -0.468. The molecule has 1 aromatic rings. The second-order valence-electron chi connectivity index (χ2n) is 5.07. The highest BCUT2D eigenvalue weighted by molar-refractivity contribution is 5.98. The normalized spacial score (nSPS) is 12.1. The molecule has 0 atom stereocenters. The van der Waals surface area contributed by atoms with Crippen molar-refractivity contribution >= 4 is 17.6 Å². The van der Waals surface area contributed by atoms with E-state index in [1.807, 2.05) is 0 Å². The van der Waals surface area contributed by atoms with Crippen LogP contribution in [0.2, 0.25) is 0 Å². The number of rotatable bonds is 2. The Morgan fingerprint density at radius 2 is 2.05 bits per heavy atom. The maximum absolute atomic E-state index is 11.9. The zero-order chi connectivity index (χ0) is 14.6. The number of nitrogens with two attached hydrogens (primary N) is 1. The van der Waals surface area contributed by atoms with Crippen LogP contribution in [-0.4, -0.2) is 29.8 Å². The molecule has 6 nitrogen and oxygen atoms in total. The SMILES string of the molecule is CN(C(=O)OC(C)(C)C)c1cccc(C(N)=NO)c1. The van der Waals surface area contributed by atoms with Crippen molar-refractivity contribution < 1.29 is 14.7 Å². The predicted octanol–water partition coefficient (Wildman–Crippen LogP) is 2.15. The Morgan fingerprint density at radius 1 is 1.42 bits per heavy atom. The zero-order valence-electron chi connectivity index (χ0n) is 11.5. The molecule has 19 heavy (non-hydrogen) atoms. The van der Waals surface area contributed by atoms with Gasteiger partial charge in [-0.1, -0.05) is 17.3 Å². The summed E-state index contributed by atoms with van der Waals surface area (Å²) < 4.78 is 5.26. The molecule has 3 N–H and O–H groups in total. The van der Waals surface area contributed by atoms with Crippen LogP contribution in [-0.2, 0) is 4.74 Å². The number of anilines is 1. The third-order valence-electron chi connectivity index (χ3n) is 2.30. The molecule has 0 bridgehead atoms. The fourth-order valence-electron chi connectivity index (χ4n) is 1.37. The van der Waals surface area contributed by atoms with Gasteiger partial charge in [0.1, 0.15) is 5.60 Å². The van der Waals surface area contributed by atoms with Crippen molar-refractivity contribution in [3.8, 4) is 0 Å². The van der Waals surface area contributed by atoms with Crippen LogP contribution in [0.4, 0.5) is 10.5 Å². The van der Waals surface area contributed by atoms with Gasteiger partial charge in [-0.15, -0.1) is 0 Å². The van der Waals surface area contributed by atoms with Gasteiger partial charge in [0, 0.05) is 18.3 Å². The van der Waals surface area contributed by atoms with Gasteiger partial charge in [0.25, 0.3) is 0 Å². The molecular formula is C13H19N3O3. The Balaban J connectivity index is 2.94. The molecule has 104 valence electrons. The van der Waals surface area contributed by atoms with E-state index in [0.717, 1.165) is 0 Å². The largest absolute Gasteiger partial charge is 0.443 e. The first-order chi connectivity index (χ1) is 8.74. The molecule has 1 amide bonds. The quantitative estimate of drug-likeness (QED) is 0.371. The van der Waals surface area contributed by atoms with E-state index in [1.54, 1.807) is 52.1 Å². The van der Waals surface area contributed by atoms with E-state index >= 15 is 0 Å². The van der Waals surface area contributed by atoms with Gasteiger partial charge in [-0.05, 0) is 32.9 Å². The maximum Gasteiger partial charge on any atom is 0.414 e. The molecule has 0 saturated carbocycles. The lowest BCUT2D eigenvalue weighted by Gasteiger charge is -2.24. The molecule has 0 spiro atoms. The minimum atomic E-state index is -0.561. The van der Waals surface area contributed by atoms with Crippen molar-refractivity contribution in [2.75, 3.05) is 11.9 Å². The Morgan fingerprint density at radius 3 is 2.58 bits per heavy atom. The molecule has 0 fully saturated rings. The Bertz CT molecular complexity index is 492. The van der Waals surface area contributed by atoms with E-state index in [-0.39, 0.29) is 5.84 Å². The fourth-order valence-corrected chi connectivity index (χ4v) is 1.37. The number of amidine groups is 1. The number of hydrogen-bond donors (Lipinski definition) is 2. The highest BCUT2D eigenvalue weighted by atomic mass is 16.6. The molecule has 0 heterocycles. The van der Waals surface area contributed by atoms with Crippen molar-refractivity contribution in [3.63, 3.8) is 0 Å². The second kappa shape index (κ2) is 5.60. The van der Waals surface area contributed by atoms with Crippen LogP contribution in [0.1, 0.15) is 26.3 Å². The topological polar surface area (TPSA) is 88.2 Å². The van der Waals surface area contributed by atoms with E-state index < -0.39 is 11.7 Å². The van der Waals surface area contributed by atoms with Gasteiger partial charge in [0.15, 0.2) is 5.84 Å². The first-order valence-corrected chi connectivity index (χ1v) is 5.79. The van der Waals surface area contributed by atoms with Crippen molar-refractivity contribution in [2.45, 2.75) is 26.4 Å². The van der Waals surface area contributed by atoms with Crippen LogP contribution < -0.4 is 10.6 Å². The Labute approximate surface area is 112 Å². The monoisotopic (exact) mass is 265 g/mol. The van der Waals surface area contributed by atoms with Crippen LogP contribution in [0.3, 0.4) is 0 Å². The lowest BCUT2D eigenvalue weighted by Crippen LogP contribution is -2.34. The molecule has 0 aliphatic heterocycles. The average Bonchev–Trinajstić information content (AvgIpc) is 2.35. The van der Waals surface area contributed by atoms with E-state index in [2.05, 4.69) is 5.16 Å². The van der Waals surface area contributed by atoms with Crippen molar-refractivity contribution in [2.24, 2.45) is 10.9 Å². The first kappa shape index (κ1) is 14.8. The van der Waals surface area contributed by atoms with Gasteiger partial charge in [0.05, 0.1) is 0 Å². The first-order valence-electron chi connectivity index (χ1n) is 5.79. The summed E-state index contributed by atoms with van der Waals surface area (Å²) in [5, 5.41) is 11.6. The van der Waals surface area contributed by atoms with Gasteiger partial charge in [0.2, 0.25) is 0 Å². The number of carbonyl (C=O) groups is 1. The third kappa shape index (κ3) is 4.17. The van der Waals surface area contributed by atoms with E-state index in [0.29, 0.717) is 11.3 Å². The van der Waals surface area contributed by atoms with Gasteiger partial charge >= 0.3 is 6.09 Å². The number of benzene rings is 1. The van der Waals surface area contributed by atoms with Gasteiger partial charge in [-0.3, -0.25) is 4.90 Å². The minimum Gasteiger partial charge on any atom is -0.443 e. The molecule has 6 heteroatoms. The zero-order valence-corrected chi connectivity index (χ0v) is 11.5. The second-order valence-corrected chi connectivity index (χ2v) is 5.07. The highest BCUT2D eigenvalue weighted by Gasteiger charge is 2.20. The van der Waals surface area contributed by atoms with Gasteiger partial charge in [-0.2, -0.15) is 0 Å². The van der Waals surface area contributed by atoms with E-state index in [4.69, 9.17) is 15.7 Å². The van der Waals surface area contributed by atoms with Crippen LogP contribution in [0, 0.1) is 0 Å². The number of nitrogens with zero attached hydrogens (tertiary/aromatic N) is 2. The van der Waals surface area contributed by atoms with Gasteiger partial charge in [-0.25, -0.2) is 4.79 Å². The summed E-state index contributed by atoms with van der Waals surface area (Å²) in [7, 11) is 1.60. The molecule has 0 aliphatic rings. The summed E-state index contributed by atoms with van der Waals surface area (Å²) in [5.41, 5.74) is 6.06. The van der Waals surface area contributed by atoms with Crippen LogP contribution in [0.5, 0.6) is 0 Å². The summed E-state index contributed by atoms with van der Waals surface area (Å²) in [4.78, 5) is 13.3. The van der Waals surface area contributed by atoms with E-state index in [9.17, 15) is 4.79 Å². The predicted molar refractivity (Wildman–Crippen MR) is 73.6 cm³/mol. The molecule has 0 radical (unpaired) electrons. The summed E-state index contributed by atoms with van der Waals surface area (Å²) in [6, 6.07) is 6.77. The smallest absolute Gasteiger partial charge is 0.414 e. The standard InChI is InChI=1S/C13H19N3O3/c1-13(2,3)19-12(17)16(4)10-7-5-6-9(8-10)11(14)15-18/h5-8,18H,1-4H3,(H2,14,15). The van der Waals surface area contributed by atoms with Crippen LogP contribution in [0.25, 0.3) is 0 Å². The van der Waals surface area contributed by atoms with Crippen LogP contribution >= 0.6 is 0 Å². The lowest BCUT2D eigenvalue weighted by molar-refractivity contribution is 0.0589. The Hall–Kier alpha value is -2.24. The number of oxime groups is 1. The summed E-state index contributed by atoms with van der Waals surface area (Å²) in [6.45, 7) is 5.39. The maximum atomic E-state index is 11.9. The number of carbonyl (C=O) groups excluding carboxylic acids is 1. The third-order valence-corrected chi connectivity index (χ3v) is 2.30.